The molecular formula is C7H8N6O. The predicted octanol–water partition coefficient (Wildman–Crippen LogP) is -0.663. The Balaban J connectivity index is 2.78. The third-order valence-corrected chi connectivity index (χ3v) is 1.59. The van der Waals surface area contributed by atoms with Gasteiger partial charge in [0.15, 0.2) is 14.0 Å². The highest BCUT2D eigenvalue weighted by molar-refractivity contribution is 5.70. The number of nitrogens with one attached hydrogen (secondary N) is 2. The van der Waals surface area contributed by atoms with Crippen LogP contribution in [0.3, 0.4) is 0 Å². The molecule has 0 spiro atoms. The van der Waals surface area contributed by atoms with Crippen LogP contribution < -0.4 is 16.6 Å². The summed E-state index contributed by atoms with van der Waals surface area (Å²) in [6.45, 7) is 0. The van der Waals surface area contributed by atoms with Crippen molar-refractivity contribution in [2.24, 2.45) is 0 Å². The van der Waals surface area contributed by atoms with Gasteiger partial charge < -0.3 is 11.0 Å². The first-order chi connectivity index (χ1) is 8.02. The average Bonchev–Trinajstić information content (AvgIpc) is 2.29. The van der Waals surface area contributed by atoms with E-state index in [0.29, 0.717) is 0 Å². The molecule has 0 atom stereocenters. The SMILES string of the molecule is [2H]c1nc2c(=O)[nH]c(N([2H])[2H])nc2nc1NC. The van der Waals surface area contributed by atoms with Crippen LogP contribution in [0.15, 0.2) is 11.0 Å². The van der Waals surface area contributed by atoms with Crippen LogP contribution in [0.1, 0.15) is 1.37 Å². The van der Waals surface area contributed by atoms with Gasteiger partial charge in [-0.1, -0.05) is 0 Å². The molecule has 7 heteroatoms. The smallest absolute Gasteiger partial charge is 0.280 e. The molecule has 0 saturated heterocycles. The van der Waals surface area contributed by atoms with Crippen molar-refractivity contribution in [1.82, 2.24) is 19.9 Å². The zero-order chi connectivity index (χ0) is 12.6. The standard InChI is InChI=1S/C7H8N6O/c1-9-3-2-10-4-5(11-3)12-7(8)13-6(4)14/h2H,1H3,(H4,8,9,11,12,13,14)/i2D/hD2. The molecule has 0 aliphatic rings. The van der Waals surface area contributed by atoms with Crippen molar-refractivity contribution < 1.29 is 4.19 Å². The number of aromatic amines is 1. The maximum Gasteiger partial charge on any atom is 0.280 e. The maximum atomic E-state index is 11.6. The lowest BCUT2D eigenvalue weighted by atomic mass is 10.5. The van der Waals surface area contributed by atoms with E-state index in [9.17, 15) is 4.79 Å². The lowest BCUT2D eigenvalue weighted by molar-refractivity contribution is 1.12. The second-order valence-corrected chi connectivity index (χ2v) is 2.50. The third kappa shape index (κ3) is 1.24. The molecule has 0 aromatic carbocycles. The molecule has 2 heterocycles. The van der Waals surface area contributed by atoms with Gasteiger partial charge in [0.25, 0.3) is 5.56 Å². The van der Waals surface area contributed by atoms with Crippen LogP contribution in [0.4, 0.5) is 11.8 Å². The number of nitrogen functional groups attached to an aromatic ring is 1. The number of nitrogens with two attached hydrogens (primary N) is 1. The lowest BCUT2D eigenvalue weighted by Gasteiger charge is -1.99. The normalized spacial score (nSPS) is 13.1. The number of anilines is 2. The van der Waals surface area contributed by atoms with Crippen molar-refractivity contribution in [3.8, 4) is 0 Å². The highest BCUT2D eigenvalue weighted by Crippen LogP contribution is 2.05. The molecule has 0 radical (unpaired) electrons. The Morgan fingerprint density at radius 1 is 1.71 bits per heavy atom. The van der Waals surface area contributed by atoms with Crippen molar-refractivity contribution in [3.05, 3.63) is 16.5 Å². The van der Waals surface area contributed by atoms with Crippen LogP contribution >= 0.6 is 0 Å². The van der Waals surface area contributed by atoms with Gasteiger partial charge >= 0.3 is 0 Å². The van der Waals surface area contributed by atoms with Crippen molar-refractivity contribution in [2.75, 3.05) is 18.1 Å². The fraction of sp³-hybridized carbons (Fsp3) is 0.143. The third-order valence-electron chi connectivity index (χ3n) is 1.59. The Labute approximate surface area is 82.7 Å². The number of hydrogen-bond donors (Lipinski definition) is 3. The maximum absolute atomic E-state index is 11.6. The van der Waals surface area contributed by atoms with Gasteiger partial charge in [0, 0.05) is 7.05 Å². The summed E-state index contributed by atoms with van der Waals surface area (Å²) in [5, 5.41) is 2.63. The topological polar surface area (TPSA) is 110 Å². The molecule has 4 N–H and O–H groups in total. The zero-order valence-corrected chi connectivity index (χ0v) is 7.20. The van der Waals surface area contributed by atoms with E-state index in [1.54, 1.807) is 7.05 Å². The van der Waals surface area contributed by atoms with E-state index in [-0.39, 0.29) is 34.8 Å². The molecule has 0 aliphatic heterocycles. The molecule has 14 heavy (non-hydrogen) atoms. The summed E-state index contributed by atoms with van der Waals surface area (Å²) in [6.07, 6.45) is -0.173. The molecule has 0 aliphatic carbocycles. The minimum absolute atomic E-state index is 0.0198. The van der Waals surface area contributed by atoms with Crippen molar-refractivity contribution in [2.45, 2.75) is 0 Å². The fourth-order valence-electron chi connectivity index (χ4n) is 0.974. The summed E-state index contributed by atoms with van der Waals surface area (Å²) in [7, 11) is 1.56. The monoisotopic (exact) mass is 195 g/mol. The largest absolute Gasteiger partial charge is 0.372 e. The number of aromatic nitrogens is 4. The van der Waals surface area contributed by atoms with Crippen molar-refractivity contribution >= 4 is 22.9 Å². The zero-order valence-electron chi connectivity index (χ0n) is 10.2. The Hall–Kier alpha value is -2.18. The molecule has 72 valence electrons. The van der Waals surface area contributed by atoms with E-state index in [1.807, 2.05) is 0 Å². The Kier molecular flexibility index (Phi) is 1.16. The predicted molar refractivity (Wildman–Crippen MR) is 51.9 cm³/mol. The highest BCUT2D eigenvalue weighted by Gasteiger charge is 2.04. The van der Waals surface area contributed by atoms with Gasteiger partial charge in [-0.05, 0) is 0 Å². The quantitative estimate of drug-likeness (QED) is 0.586. The number of rotatable bonds is 2. The molecule has 0 amide bonds. The summed E-state index contributed by atoms with van der Waals surface area (Å²) < 4.78 is 21.5. The second-order valence-electron chi connectivity index (χ2n) is 2.50. The van der Waals surface area contributed by atoms with Crippen LogP contribution in [0.2, 0.25) is 2.82 Å². The van der Waals surface area contributed by atoms with Gasteiger partial charge in [0.2, 0.25) is 5.95 Å². The van der Waals surface area contributed by atoms with Crippen LogP contribution in [0.5, 0.6) is 0 Å². The molecule has 2 aromatic heterocycles. The van der Waals surface area contributed by atoms with Crippen LogP contribution in [0, 0.1) is 0 Å². The van der Waals surface area contributed by atoms with Gasteiger partial charge in [-0.2, -0.15) is 4.98 Å². The molecule has 0 fully saturated rings. The molecule has 7 nitrogen and oxygen atoms in total. The fourth-order valence-corrected chi connectivity index (χ4v) is 0.974. The number of H-pyrrole nitrogens is 1. The van der Waals surface area contributed by atoms with Crippen LogP contribution in [-0.4, -0.2) is 27.0 Å². The van der Waals surface area contributed by atoms with Gasteiger partial charge in [0.1, 0.15) is 5.82 Å². The summed E-state index contributed by atoms with van der Waals surface area (Å²) in [5.41, 5.74) is -0.595. The first-order valence-electron chi connectivity index (χ1n) is 5.16. The number of hydrogen-bond acceptors (Lipinski definition) is 6. The van der Waals surface area contributed by atoms with E-state index >= 15 is 0 Å². The van der Waals surface area contributed by atoms with Gasteiger partial charge in [-0.3, -0.25) is 9.78 Å². The van der Waals surface area contributed by atoms with Gasteiger partial charge in [-0.25, -0.2) is 9.97 Å². The summed E-state index contributed by atoms with van der Waals surface area (Å²) in [6, 6.07) is 0. The Morgan fingerprint density at radius 2 is 2.57 bits per heavy atom. The van der Waals surface area contributed by atoms with E-state index in [0.717, 1.165) is 0 Å². The molecule has 0 bridgehead atoms. The minimum Gasteiger partial charge on any atom is -0.372 e. The first-order valence-corrected chi connectivity index (χ1v) is 3.77. The van der Waals surface area contributed by atoms with E-state index in [4.69, 9.17) is 4.19 Å². The van der Waals surface area contributed by atoms with E-state index in [1.165, 1.54) is 0 Å². The highest BCUT2D eigenvalue weighted by atomic mass is 16.1. The van der Waals surface area contributed by atoms with Crippen molar-refractivity contribution in [3.63, 3.8) is 0 Å². The summed E-state index contributed by atoms with van der Waals surface area (Å²) in [5.74, 6) is -0.0976. The number of fused-ring (bicyclic) bond motifs is 1. The molecule has 0 saturated carbocycles. The van der Waals surface area contributed by atoms with Crippen molar-refractivity contribution in [1.29, 1.82) is 0 Å². The molecule has 2 aromatic rings. The second kappa shape index (κ2) is 2.95. The Morgan fingerprint density at radius 3 is 3.29 bits per heavy atom. The summed E-state index contributed by atoms with van der Waals surface area (Å²) >= 11 is 0. The van der Waals surface area contributed by atoms with Gasteiger partial charge in [0.05, 0.1) is 7.54 Å². The number of nitrogens with zero attached hydrogens (tertiary/aromatic N) is 3. The van der Waals surface area contributed by atoms with E-state index < -0.39 is 5.56 Å². The lowest BCUT2D eigenvalue weighted by Crippen LogP contribution is -2.13. The first kappa shape index (κ1) is 5.53. The van der Waals surface area contributed by atoms with Crippen LogP contribution in [-0.2, 0) is 0 Å². The molecule has 0 unspecified atom stereocenters. The van der Waals surface area contributed by atoms with E-state index in [2.05, 4.69) is 25.3 Å². The Bertz CT molecular complexity index is 627. The van der Waals surface area contributed by atoms with Gasteiger partial charge in [-0.15, -0.1) is 0 Å². The minimum atomic E-state index is -0.641. The molecular weight excluding hydrogens is 184 g/mol. The average molecular weight is 195 g/mol. The molecule has 2 rings (SSSR count). The van der Waals surface area contributed by atoms with Crippen LogP contribution in [0.25, 0.3) is 11.2 Å². The summed E-state index contributed by atoms with van der Waals surface area (Å²) in [4.78, 5) is 25.2.